The SMILES string of the molecule is CCN(CC)C(=O)C1CCN(C(=O)C[C@@H]2CCC[C@H]2N)CC1.Cl. The third kappa shape index (κ3) is 5.08. The Balaban J connectivity index is 0.00000264. The number of rotatable bonds is 5. The number of hydrogen-bond donors (Lipinski definition) is 1. The number of amides is 2. The molecule has 0 bridgehead atoms. The zero-order valence-corrected chi connectivity index (χ0v) is 15.3. The molecule has 0 unspecified atom stereocenters. The fourth-order valence-electron chi connectivity index (χ4n) is 3.84. The van der Waals surface area contributed by atoms with Crippen molar-refractivity contribution in [1.82, 2.24) is 9.80 Å². The van der Waals surface area contributed by atoms with E-state index in [4.69, 9.17) is 5.73 Å². The molecule has 0 aromatic rings. The third-order valence-corrected chi connectivity index (χ3v) is 5.43. The van der Waals surface area contributed by atoms with Crippen LogP contribution in [0.5, 0.6) is 0 Å². The van der Waals surface area contributed by atoms with Crippen LogP contribution in [-0.4, -0.2) is 53.8 Å². The molecule has 2 fully saturated rings. The molecule has 2 N–H and O–H groups in total. The summed E-state index contributed by atoms with van der Waals surface area (Å²) in [6, 6.07) is 0.200. The van der Waals surface area contributed by atoms with E-state index >= 15 is 0 Å². The third-order valence-electron chi connectivity index (χ3n) is 5.43. The van der Waals surface area contributed by atoms with Crippen molar-refractivity contribution in [3.8, 4) is 0 Å². The van der Waals surface area contributed by atoms with Gasteiger partial charge in [0.05, 0.1) is 0 Å². The van der Waals surface area contributed by atoms with Crippen LogP contribution in [0.15, 0.2) is 0 Å². The molecule has 1 saturated heterocycles. The van der Waals surface area contributed by atoms with Crippen LogP contribution >= 0.6 is 12.4 Å². The lowest BCUT2D eigenvalue weighted by Gasteiger charge is -2.34. The van der Waals surface area contributed by atoms with Crippen molar-refractivity contribution in [2.45, 2.75) is 58.4 Å². The summed E-state index contributed by atoms with van der Waals surface area (Å²) in [5.74, 6) is 0.950. The van der Waals surface area contributed by atoms with Crippen LogP contribution in [0.25, 0.3) is 0 Å². The summed E-state index contributed by atoms with van der Waals surface area (Å²) in [6.07, 6.45) is 5.49. The lowest BCUT2D eigenvalue weighted by molar-refractivity contribution is -0.140. The topological polar surface area (TPSA) is 66.6 Å². The van der Waals surface area contributed by atoms with E-state index in [0.29, 0.717) is 12.3 Å². The number of carbonyl (C=O) groups excluding carboxylic acids is 2. The van der Waals surface area contributed by atoms with Gasteiger partial charge in [-0.2, -0.15) is 0 Å². The van der Waals surface area contributed by atoms with Crippen LogP contribution < -0.4 is 5.73 Å². The molecule has 134 valence electrons. The van der Waals surface area contributed by atoms with Gasteiger partial charge in [-0.25, -0.2) is 0 Å². The molecule has 5 nitrogen and oxygen atoms in total. The number of likely N-dealkylation sites (tertiary alicyclic amines) is 1. The van der Waals surface area contributed by atoms with E-state index < -0.39 is 0 Å². The van der Waals surface area contributed by atoms with Crippen molar-refractivity contribution < 1.29 is 9.59 Å². The van der Waals surface area contributed by atoms with E-state index in [1.165, 1.54) is 0 Å². The Bertz CT molecular complexity index is 393. The Labute approximate surface area is 146 Å². The highest BCUT2D eigenvalue weighted by atomic mass is 35.5. The van der Waals surface area contributed by atoms with E-state index in [0.717, 1.165) is 58.3 Å². The predicted octanol–water partition coefficient (Wildman–Crippen LogP) is 2.03. The number of halogens is 1. The summed E-state index contributed by atoms with van der Waals surface area (Å²) >= 11 is 0. The normalized spacial score (nSPS) is 25.1. The van der Waals surface area contributed by atoms with Crippen LogP contribution in [0.2, 0.25) is 0 Å². The van der Waals surface area contributed by atoms with Gasteiger partial charge >= 0.3 is 0 Å². The zero-order chi connectivity index (χ0) is 16.1. The number of nitrogens with two attached hydrogens (primary N) is 1. The van der Waals surface area contributed by atoms with Gasteiger partial charge in [0.2, 0.25) is 11.8 Å². The van der Waals surface area contributed by atoms with Gasteiger partial charge in [0.15, 0.2) is 0 Å². The molecular formula is C17H32ClN3O2. The molecule has 23 heavy (non-hydrogen) atoms. The summed E-state index contributed by atoms with van der Waals surface area (Å²) < 4.78 is 0. The first-order chi connectivity index (χ1) is 10.6. The average Bonchev–Trinajstić information content (AvgIpc) is 2.93. The van der Waals surface area contributed by atoms with Gasteiger partial charge in [-0.05, 0) is 45.4 Å². The first-order valence-electron chi connectivity index (χ1n) is 8.88. The second-order valence-electron chi connectivity index (χ2n) is 6.72. The van der Waals surface area contributed by atoms with Crippen molar-refractivity contribution >= 4 is 24.2 Å². The minimum Gasteiger partial charge on any atom is -0.343 e. The Morgan fingerprint density at radius 3 is 2.17 bits per heavy atom. The van der Waals surface area contributed by atoms with Crippen LogP contribution in [-0.2, 0) is 9.59 Å². The molecule has 2 atom stereocenters. The summed E-state index contributed by atoms with van der Waals surface area (Å²) in [5, 5.41) is 0. The van der Waals surface area contributed by atoms with Crippen LogP contribution in [0.3, 0.4) is 0 Å². The van der Waals surface area contributed by atoms with Crippen molar-refractivity contribution in [2.24, 2.45) is 17.6 Å². The molecule has 0 aromatic carbocycles. The van der Waals surface area contributed by atoms with Crippen LogP contribution in [0, 0.1) is 11.8 Å². The maximum Gasteiger partial charge on any atom is 0.225 e. The van der Waals surface area contributed by atoms with E-state index in [2.05, 4.69) is 0 Å². The van der Waals surface area contributed by atoms with Gasteiger partial charge in [-0.1, -0.05) is 6.42 Å². The zero-order valence-electron chi connectivity index (χ0n) is 14.5. The van der Waals surface area contributed by atoms with E-state index in [1.807, 2.05) is 23.6 Å². The molecule has 1 aliphatic carbocycles. The molecule has 0 aromatic heterocycles. The van der Waals surface area contributed by atoms with E-state index in [1.54, 1.807) is 0 Å². The molecule has 1 saturated carbocycles. The summed E-state index contributed by atoms with van der Waals surface area (Å²) in [5.41, 5.74) is 6.06. The minimum absolute atomic E-state index is 0. The van der Waals surface area contributed by atoms with Crippen molar-refractivity contribution in [2.75, 3.05) is 26.2 Å². The smallest absolute Gasteiger partial charge is 0.225 e. The van der Waals surface area contributed by atoms with Crippen molar-refractivity contribution in [3.63, 3.8) is 0 Å². The second kappa shape index (κ2) is 9.48. The molecule has 1 heterocycles. The lowest BCUT2D eigenvalue weighted by Crippen LogP contribution is -2.45. The molecular weight excluding hydrogens is 314 g/mol. The Hall–Kier alpha value is -0.810. The molecule has 2 amide bonds. The van der Waals surface area contributed by atoms with Crippen LogP contribution in [0.4, 0.5) is 0 Å². The van der Waals surface area contributed by atoms with Gasteiger partial charge in [-0.3, -0.25) is 9.59 Å². The minimum atomic E-state index is 0. The Morgan fingerprint density at radius 2 is 1.70 bits per heavy atom. The molecule has 2 aliphatic rings. The average molecular weight is 346 g/mol. The maximum absolute atomic E-state index is 12.4. The summed E-state index contributed by atoms with van der Waals surface area (Å²) in [4.78, 5) is 28.6. The lowest BCUT2D eigenvalue weighted by atomic mass is 9.93. The highest BCUT2D eigenvalue weighted by molar-refractivity contribution is 5.85. The first-order valence-corrected chi connectivity index (χ1v) is 8.88. The largest absolute Gasteiger partial charge is 0.343 e. The van der Waals surface area contributed by atoms with Crippen molar-refractivity contribution in [3.05, 3.63) is 0 Å². The fraction of sp³-hybridized carbons (Fsp3) is 0.882. The monoisotopic (exact) mass is 345 g/mol. The molecule has 1 aliphatic heterocycles. The summed E-state index contributed by atoms with van der Waals surface area (Å²) in [7, 11) is 0. The number of nitrogens with zero attached hydrogens (tertiary/aromatic N) is 2. The fourth-order valence-corrected chi connectivity index (χ4v) is 3.84. The highest BCUT2D eigenvalue weighted by Gasteiger charge is 2.32. The number of carbonyl (C=O) groups is 2. The predicted molar refractivity (Wildman–Crippen MR) is 94.4 cm³/mol. The molecule has 0 spiro atoms. The van der Waals surface area contributed by atoms with Crippen LogP contribution in [0.1, 0.15) is 52.4 Å². The van der Waals surface area contributed by atoms with Gasteiger partial charge in [0.1, 0.15) is 0 Å². The van der Waals surface area contributed by atoms with Crippen molar-refractivity contribution in [1.29, 1.82) is 0 Å². The highest BCUT2D eigenvalue weighted by Crippen LogP contribution is 2.28. The summed E-state index contributed by atoms with van der Waals surface area (Å²) in [6.45, 7) is 7.02. The molecule has 2 rings (SSSR count). The molecule has 0 radical (unpaired) electrons. The maximum atomic E-state index is 12.4. The van der Waals surface area contributed by atoms with Gasteiger partial charge < -0.3 is 15.5 Å². The Kier molecular flexibility index (Phi) is 8.34. The Morgan fingerprint density at radius 1 is 1.09 bits per heavy atom. The number of hydrogen-bond acceptors (Lipinski definition) is 3. The van der Waals surface area contributed by atoms with E-state index in [9.17, 15) is 9.59 Å². The van der Waals surface area contributed by atoms with Gasteiger partial charge in [0, 0.05) is 44.6 Å². The standard InChI is InChI=1S/C17H31N3O2.ClH/c1-3-19(4-2)17(22)13-8-10-20(11-9-13)16(21)12-14-6-5-7-15(14)18;/h13-15H,3-12,18H2,1-2H3;1H/t14-,15+;/m0./s1. The van der Waals surface area contributed by atoms with Gasteiger partial charge in [-0.15, -0.1) is 12.4 Å². The van der Waals surface area contributed by atoms with Gasteiger partial charge in [0.25, 0.3) is 0 Å². The molecule has 6 heteroatoms. The second-order valence-corrected chi connectivity index (χ2v) is 6.72. The van der Waals surface area contributed by atoms with E-state index in [-0.39, 0.29) is 36.2 Å². The quantitative estimate of drug-likeness (QED) is 0.829. The first kappa shape index (κ1) is 20.2. The number of piperidine rings is 1.